The summed E-state index contributed by atoms with van der Waals surface area (Å²) in [6.45, 7) is 0. The first-order chi connectivity index (χ1) is 9.61. The molecule has 1 unspecified atom stereocenters. The highest BCUT2D eigenvalue weighted by Crippen LogP contribution is 2.23. The third kappa shape index (κ3) is 3.70. The van der Waals surface area contributed by atoms with Gasteiger partial charge in [0.15, 0.2) is 0 Å². The minimum atomic E-state index is -0.419. The highest BCUT2D eigenvalue weighted by molar-refractivity contribution is 6.31. The molecule has 0 radical (unpaired) electrons. The highest BCUT2D eigenvalue weighted by atomic mass is 35.5. The zero-order valence-electron chi connectivity index (χ0n) is 10.7. The van der Waals surface area contributed by atoms with E-state index < -0.39 is 5.82 Å². The van der Waals surface area contributed by atoms with Crippen LogP contribution in [-0.4, -0.2) is 6.04 Å². The maximum atomic E-state index is 13.4. The summed E-state index contributed by atoms with van der Waals surface area (Å²) in [5.74, 6) is 5.16. The lowest BCUT2D eigenvalue weighted by Crippen LogP contribution is -2.38. The molecule has 2 nitrogen and oxygen atoms in total. The van der Waals surface area contributed by atoms with Crippen LogP contribution in [0.25, 0.3) is 0 Å². The van der Waals surface area contributed by atoms with Gasteiger partial charge in [-0.05, 0) is 36.1 Å². The average molecular weight is 313 g/mol. The lowest BCUT2D eigenvalue weighted by atomic mass is 9.99. The number of rotatable bonds is 5. The molecule has 0 amide bonds. The van der Waals surface area contributed by atoms with Gasteiger partial charge in [-0.15, -0.1) is 0 Å². The highest BCUT2D eigenvalue weighted by Gasteiger charge is 2.14. The average Bonchev–Trinajstić information content (AvgIpc) is 2.45. The van der Waals surface area contributed by atoms with Gasteiger partial charge in [0.2, 0.25) is 0 Å². The molecule has 106 valence electrons. The van der Waals surface area contributed by atoms with Crippen molar-refractivity contribution in [3.05, 3.63) is 69.5 Å². The molecule has 0 aliphatic carbocycles. The Morgan fingerprint density at radius 1 is 1.00 bits per heavy atom. The van der Waals surface area contributed by atoms with Gasteiger partial charge in [0, 0.05) is 11.1 Å². The van der Waals surface area contributed by atoms with Crippen molar-refractivity contribution in [2.75, 3.05) is 0 Å². The number of nitrogens with two attached hydrogens (primary N) is 1. The van der Waals surface area contributed by atoms with E-state index in [-0.39, 0.29) is 11.1 Å². The molecule has 0 aliphatic heterocycles. The second-order valence-corrected chi connectivity index (χ2v) is 5.36. The normalized spacial score (nSPS) is 12.4. The predicted octanol–water partition coefficient (Wildman–Crippen LogP) is 3.75. The molecular formula is C15H15Cl2FN2. The summed E-state index contributed by atoms with van der Waals surface area (Å²) in [5.41, 5.74) is 4.45. The molecule has 2 aromatic carbocycles. The van der Waals surface area contributed by atoms with Gasteiger partial charge in [-0.2, -0.15) is 0 Å². The fourth-order valence-corrected chi connectivity index (χ4v) is 2.51. The molecule has 0 saturated carbocycles. The predicted molar refractivity (Wildman–Crippen MR) is 81.4 cm³/mol. The molecule has 1 atom stereocenters. The zero-order valence-corrected chi connectivity index (χ0v) is 12.3. The van der Waals surface area contributed by atoms with E-state index in [0.717, 1.165) is 11.1 Å². The Hall–Kier alpha value is -1.13. The third-order valence-corrected chi connectivity index (χ3v) is 3.95. The Balaban J connectivity index is 2.14. The van der Waals surface area contributed by atoms with Crippen LogP contribution in [0.5, 0.6) is 0 Å². The van der Waals surface area contributed by atoms with Crippen LogP contribution in [0.3, 0.4) is 0 Å². The monoisotopic (exact) mass is 312 g/mol. The molecule has 0 fully saturated rings. The lowest BCUT2D eigenvalue weighted by molar-refractivity contribution is 0.520. The number of benzene rings is 2. The van der Waals surface area contributed by atoms with E-state index in [9.17, 15) is 4.39 Å². The molecule has 2 aromatic rings. The molecule has 3 N–H and O–H groups in total. The maximum Gasteiger partial charge on any atom is 0.142 e. The van der Waals surface area contributed by atoms with Crippen molar-refractivity contribution in [1.82, 2.24) is 5.43 Å². The number of hydrogen-bond acceptors (Lipinski definition) is 2. The summed E-state index contributed by atoms with van der Waals surface area (Å²) >= 11 is 12.1. The van der Waals surface area contributed by atoms with Crippen LogP contribution in [-0.2, 0) is 12.8 Å². The largest absolute Gasteiger partial charge is 0.271 e. The Morgan fingerprint density at radius 2 is 1.65 bits per heavy atom. The van der Waals surface area contributed by atoms with Crippen molar-refractivity contribution in [3.8, 4) is 0 Å². The second-order valence-electron chi connectivity index (χ2n) is 4.58. The minimum absolute atomic E-state index is 0.0748. The Morgan fingerprint density at radius 3 is 2.35 bits per heavy atom. The summed E-state index contributed by atoms with van der Waals surface area (Å²) in [7, 11) is 0. The Bertz CT molecular complexity index is 590. The summed E-state index contributed by atoms with van der Waals surface area (Å²) in [6, 6.07) is 12.3. The second kappa shape index (κ2) is 7.04. The third-order valence-electron chi connectivity index (χ3n) is 3.16. The van der Waals surface area contributed by atoms with E-state index in [0.29, 0.717) is 17.9 Å². The van der Waals surface area contributed by atoms with E-state index in [4.69, 9.17) is 29.0 Å². The minimum Gasteiger partial charge on any atom is -0.271 e. The van der Waals surface area contributed by atoms with Crippen molar-refractivity contribution in [2.24, 2.45) is 5.84 Å². The van der Waals surface area contributed by atoms with Crippen molar-refractivity contribution >= 4 is 23.2 Å². The van der Waals surface area contributed by atoms with Gasteiger partial charge in [-0.1, -0.05) is 53.5 Å². The number of nitrogens with one attached hydrogen (secondary N) is 1. The number of hydrogen-bond donors (Lipinski definition) is 2. The number of hydrazine groups is 1. The molecule has 20 heavy (non-hydrogen) atoms. The molecular weight excluding hydrogens is 298 g/mol. The van der Waals surface area contributed by atoms with Crippen molar-refractivity contribution in [3.63, 3.8) is 0 Å². The first-order valence-electron chi connectivity index (χ1n) is 6.24. The summed E-state index contributed by atoms with van der Waals surface area (Å²) in [4.78, 5) is 0. The van der Waals surface area contributed by atoms with Gasteiger partial charge < -0.3 is 0 Å². The van der Waals surface area contributed by atoms with Gasteiger partial charge in [0.05, 0.1) is 5.02 Å². The van der Waals surface area contributed by atoms with E-state index in [1.165, 1.54) is 6.07 Å². The van der Waals surface area contributed by atoms with E-state index in [1.807, 2.05) is 24.3 Å². The van der Waals surface area contributed by atoms with Crippen LogP contribution in [0.1, 0.15) is 11.1 Å². The van der Waals surface area contributed by atoms with Crippen molar-refractivity contribution < 1.29 is 4.39 Å². The van der Waals surface area contributed by atoms with Gasteiger partial charge >= 0.3 is 0 Å². The lowest BCUT2D eigenvalue weighted by Gasteiger charge is -2.17. The Labute approximate surface area is 127 Å². The standard InChI is InChI=1S/C15H15Cl2FN2/c16-13-6-2-1-4-10(13)8-12(20-19)9-11-5-3-7-14(18)15(11)17/h1-7,12,20H,8-9,19H2. The van der Waals surface area contributed by atoms with E-state index in [2.05, 4.69) is 5.43 Å². The first-order valence-corrected chi connectivity index (χ1v) is 7.00. The first kappa shape index (κ1) is 15.3. The molecule has 0 aliphatic rings. The fourth-order valence-electron chi connectivity index (χ4n) is 2.09. The fraction of sp³-hybridized carbons (Fsp3) is 0.200. The zero-order chi connectivity index (χ0) is 14.5. The molecule has 0 aromatic heterocycles. The topological polar surface area (TPSA) is 38.0 Å². The summed E-state index contributed by atoms with van der Waals surface area (Å²) < 4.78 is 13.4. The van der Waals surface area contributed by atoms with Crippen molar-refractivity contribution in [1.29, 1.82) is 0 Å². The molecule has 0 spiro atoms. The molecule has 2 rings (SSSR count). The van der Waals surface area contributed by atoms with Crippen LogP contribution in [0, 0.1) is 5.82 Å². The smallest absolute Gasteiger partial charge is 0.142 e. The van der Waals surface area contributed by atoms with Crippen LogP contribution in [0.4, 0.5) is 4.39 Å². The van der Waals surface area contributed by atoms with E-state index in [1.54, 1.807) is 12.1 Å². The maximum absolute atomic E-state index is 13.4. The van der Waals surface area contributed by atoms with Crippen LogP contribution in [0.2, 0.25) is 10.0 Å². The van der Waals surface area contributed by atoms with Gasteiger partial charge in [-0.3, -0.25) is 11.3 Å². The molecule has 5 heteroatoms. The molecule has 0 bridgehead atoms. The van der Waals surface area contributed by atoms with Crippen LogP contribution < -0.4 is 11.3 Å². The quantitative estimate of drug-likeness (QED) is 0.652. The molecule has 0 heterocycles. The summed E-state index contributed by atoms with van der Waals surface area (Å²) in [5, 5.41) is 0.838. The summed E-state index contributed by atoms with van der Waals surface area (Å²) in [6.07, 6.45) is 1.17. The van der Waals surface area contributed by atoms with Gasteiger partial charge in [0.25, 0.3) is 0 Å². The Kier molecular flexibility index (Phi) is 5.38. The SMILES string of the molecule is NNC(Cc1ccccc1Cl)Cc1cccc(F)c1Cl. The van der Waals surface area contributed by atoms with Crippen LogP contribution >= 0.6 is 23.2 Å². The van der Waals surface area contributed by atoms with E-state index >= 15 is 0 Å². The van der Waals surface area contributed by atoms with Gasteiger partial charge in [0.1, 0.15) is 5.82 Å². The van der Waals surface area contributed by atoms with Gasteiger partial charge in [-0.25, -0.2) is 4.39 Å². The van der Waals surface area contributed by atoms with Crippen molar-refractivity contribution in [2.45, 2.75) is 18.9 Å². The molecule has 0 saturated heterocycles. The van der Waals surface area contributed by atoms with Crippen LogP contribution in [0.15, 0.2) is 42.5 Å². The number of halogens is 3.